The number of nitrogens with zero attached hydrogens (tertiary/aromatic N) is 2. The second-order valence-corrected chi connectivity index (χ2v) is 5.18. The molecule has 1 aromatic carbocycles. The highest BCUT2D eigenvalue weighted by atomic mass is 16.3. The van der Waals surface area contributed by atoms with E-state index >= 15 is 0 Å². The number of aliphatic hydroxyl groups is 1. The molecule has 4 nitrogen and oxygen atoms in total. The predicted octanol–water partition coefficient (Wildman–Crippen LogP) is 2.46. The molecule has 0 radical (unpaired) electrons. The first-order chi connectivity index (χ1) is 9.20. The van der Waals surface area contributed by atoms with E-state index < -0.39 is 0 Å². The quantitative estimate of drug-likeness (QED) is 0.888. The van der Waals surface area contributed by atoms with Crippen LogP contribution in [0.1, 0.15) is 30.0 Å². The summed E-state index contributed by atoms with van der Waals surface area (Å²) < 4.78 is 1.95. The Morgan fingerprint density at radius 3 is 2.53 bits per heavy atom. The van der Waals surface area contributed by atoms with E-state index in [-0.39, 0.29) is 6.10 Å². The maximum atomic E-state index is 9.47. The lowest BCUT2D eigenvalue weighted by molar-refractivity contribution is 0.0729. The molecule has 0 atom stereocenters. The highest BCUT2D eigenvalue weighted by molar-refractivity contribution is 5.53. The van der Waals surface area contributed by atoms with Gasteiger partial charge in [-0.1, -0.05) is 18.2 Å². The maximum Gasteiger partial charge on any atom is 0.132 e. The zero-order valence-electron chi connectivity index (χ0n) is 11.3. The topological polar surface area (TPSA) is 50.1 Å². The molecule has 0 bridgehead atoms. The molecule has 2 aromatic rings. The molecule has 1 fully saturated rings. The number of rotatable bonds is 3. The average Bonchev–Trinajstić information content (AvgIpc) is 2.73. The van der Waals surface area contributed by atoms with Crippen molar-refractivity contribution in [3.8, 4) is 5.69 Å². The van der Waals surface area contributed by atoms with E-state index in [0.717, 1.165) is 30.0 Å². The normalized spacial score (nSPS) is 22.1. The summed E-state index contributed by atoms with van der Waals surface area (Å²) in [6.45, 7) is 2.10. The summed E-state index contributed by atoms with van der Waals surface area (Å²) >= 11 is 0. The molecule has 0 saturated heterocycles. The van der Waals surface area contributed by atoms with Gasteiger partial charge in [0.25, 0.3) is 0 Å². The number of benzene rings is 1. The second-order valence-electron chi connectivity index (χ2n) is 5.18. The number of para-hydroxylation sites is 1. The number of hydrogen-bond donors (Lipinski definition) is 2. The van der Waals surface area contributed by atoms with Gasteiger partial charge in [-0.15, -0.1) is 0 Å². The first-order valence-corrected chi connectivity index (χ1v) is 6.71. The second kappa shape index (κ2) is 4.70. The third kappa shape index (κ3) is 2.02. The lowest BCUT2D eigenvalue weighted by atomic mass is 9.79. The van der Waals surface area contributed by atoms with Crippen molar-refractivity contribution >= 4 is 5.82 Å². The Bertz CT molecular complexity index is 571. The fourth-order valence-corrected chi connectivity index (χ4v) is 2.76. The van der Waals surface area contributed by atoms with E-state index in [4.69, 9.17) is 5.10 Å². The highest BCUT2D eigenvalue weighted by Gasteiger charge is 2.33. The predicted molar refractivity (Wildman–Crippen MR) is 75.8 cm³/mol. The summed E-state index contributed by atoms with van der Waals surface area (Å²) in [5.74, 6) is 1.43. The standard InChI is InChI=1S/C15H19N3O/c1-10-14(11-8-13(19)9-11)17-18(15(10)16-2)12-6-4-3-5-7-12/h3-7,11,13,16,19H,8-9H2,1-2H3. The average molecular weight is 257 g/mol. The third-order valence-corrected chi connectivity index (χ3v) is 3.90. The Labute approximate surface area is 113 Å². The van der Waals surface area contributed by atoms with Gasteiger partial charge in [0.1, 0.15) is 5.82 Å². The van der Waals surface area contributed by atoms with Crippen LogP contribution in [0.4, 0.5) is 5.82 Å². The van der Waals surface area contributed by atoms with Crippen LogP contribution in [0.15, 0.2) is 30.3 Å². The van der Waals surface area contributed by atoms with E-state index in [1.807, 2.05) is 42.1 Å². The van der Waals surface area contributed by atoms with E-state index in [1.54, 1.807) is 0 Å². The molecule has 1 aromatic heterocycles. The van der Waals surface area contributed by atoms with Crippen LogP contribution in [-0.2, 0) is 0 Å². The fourth-order valence-electron chi connectivity index (χ4n) is 2.76. The zero-order chi connectivity index (χ0) is 13.4. The van der Waals surface area contributed by atoms with Crippen LogP contribution in [0.2, 0.25) is 0 Å². The molecule has 0 aliphatic heterocycles. The first-order valence-electron chi connectivity index (χ1n) is 6.71. The molecular weight excluding hydrogens is 238 g/mol. The van der Waals surface area contributed by atoms with Crippen molar-refractivity contribution in [3.63, 3.8) is 0 Å². The van der Waals surface area contributed by atoms with Gasteiger partial charge in [-0.05, 0) is 31.9 Å². The summed E-state index contributed by atoms with van der Waals surface area (Å²) in [6, 6.07) is 10.1. The molecule has 1 heterocycles. The van der Waals surface area contributed by atoms with Gasteiger partial charge < -0.3 is 10.4 Å². The van der Waals surface area contributed by atoms with Gasteiger partial charge in [0.05, 0.1) is 17.5 Å². The Hall–Kier alpha value is -1.81. The molecule has 3 rings (SSSR count). The molecular formula is C15H19N3O. The van der Waals surface area contributed by atoms with Gasteiger partial charge >= 0.3 is 0 Å². The van der Waals surface area contributed by atoms with E-state index in [2.05, 4.69) is 12.2 Å². The van der Waals surface area contributed by atoms with Crippen LogP contribution in [0, 0.1) is 6.92 Å². The highest BCUT2D eigenvalue weighted by Crippen LogP contribution is 2.39. The number of nitrogens with one attached hydrogen (secondary N) is 1. The van der Waals surface area contributed by atoms with E-state index in [1.165, 1.54) is 5.56 Å². The fraction of sp³-hybridized carbons (Fsp3) is 0.400. The van der Waals surface area contributed by atoms with Crippen molar-refractivity contribution in [3.05, 3.63) is 41.6 Å². The molecule has 100 valence electrons. The molecule has 0 unspecified atom stereocenters. The molecule has 0 spiro atoms. The Morgan fingerprint density at radius 2 is 1.95 bits per heavy atom. The van der Waals surface area contributed by atoms with Gasteiger partial charge in [0.2, 0.25) is 0 Å². The molecule has 2 N–H and O–H groups in total. The minimum atomic E-state index is -0.149. The van der Waals surface area contributed by atoms with Crippen molar-refractivity contribution in [1.29, 1.82) is 0 Å². The SMILES string of the molecule is CNc1c(C)c(C2CC(O)C2)nn1-c1ccccc1. The molecule has 0 amide bonds. The Morgan fingerprint density at radius 1 is 1.26 bits per heavy atom. The summed E-state index contributed by atoms with van der Waals surface area (Å²) in [4.78, 5) is 0. The number of hydrogen-bond acceptors (Lipinski definition) is 3. The van der Waals surface area contributed by atoms with Gasteiger partial charge in [-0.25, -0.2) is 4.68 Å². The van der Waals surface area contributed by atoms with Gasteiger partial charge in [-0.2, -0.15) is 5.10 Å². The van der Waals surface area contributed by atoms with Crippen molar-refractivity contribution in [2.75, 3.05) is 12.4 Å². The van der Waals surface area contributed by atoms with Crippen molar-refractivity contribution < 1.29 is 5.11 Å². The molecule has 1 aliphatic rings. The van der Waals surface area contributed by atoms with Gasteiger partial charge in [0, 0.05) is 18.5 Å². The van der Waals surface area contributed by atoms with Crippen LogP contribution >= 0.6 is 0 Å². The maximum absolute atomic E-state index is 9.47. The summed E-state index contributed by atoms with van der Waals surface area (Å²) in [5.41, 5.74) is 3.35. The minimum absolute atomic E-state index is 0.149. The van der Waals surface area contributed by atoms with Gasteiger partial charge in [0.15, 0.2) is 0 Å². The Kier molecular flexibility index (Phi) is 3.03. The van der Waals surface area contributed by atoms with Crippen LogP contribution in [0.3, 0.4) is 0 Å². The Balaban J connectivity index is 2.03. The smallest absolute Gasteiger partial charge is 0.132 e. The minimum Gasteiger partial charge on any atom is -0.393 e. The zero-order valence-corrected chi connectivity index (χ0v) is 11.3. The lowest BCUT2D eigenvalue weighted by Crippen LogP contribution is -2.27. The lowest BCUT2D eigenvalue weighted by Gasteiger charge is -2.30. The van der Waals surface area contributed by atoms with Crippen LogP contribution in [0.25, 0.3) is 5.69 Å². The number of aliphatic hydroxyl groups excluding tert-OH is 1. The monoisotopic (exact) mass is 257 g/mol. The van der Waals surface area contributed by atoms with Crippen LogP contribution in [0.5, 0.6) is 0 Å². The third-order valence-electron chi connectivity index (χ3n) is 3.90. The van der Waals surface area contributed by atoms with Crippen molar-refractivity contribution in [2.45, 2.75) is 31.8 Å². The van der Waals surface area contributed by atoms with Crippen LogP contribution in [-0.4, -0.2) is 28.0 Å². The summed E-state index contributed by atoms with van der Waals surface area (Å²) in [5, 5.41) is 17.5. The largest absolute Gasteiger partial charge is 0.393 e. The van der Waals surface area contributed by atoms with Crippen LogP contribution < -0.4 is 5.32 Å². The first kappa shape index (κ1) is 12.2. The van der Waals surface area contributed by atoms with E-state index in [0.29, 0.717) is 5.92 Å². The molecule has 4 heteroatoms. The molecule has 1 saturated carbocycles. The van der Waals surface area contributed by atoms with Gasteiger partial charge in [-0.3, -0.25) is 0 Å². The number of anilines is 1. The number of aromatic nitrogens is 2. The summed E-state index contributed by atoms with van der Waals surface area (Å²) in [7, 11) is 1.92. The molecule has 19 heavy (non-hydrogen) atoms. The van der Waals surface area contributed by atoms with E-state index in [9.17, 15) is 5.11 Å². The van der Waals surface area contributed by atoms with Crippen molar-refractivity contribution in [2.24, 2.45) is 0 Å². The summed E-state index contributed by atoms with van der Waals surface area (Å²) in [6.07, 6.45) is 1.51. The molecule has 1 aliphatic carbocycles. The van der Waals surface area contributed by atoms with Crippen molar-refractivity contribution in [1.82, 2.24) is 9.78 Å².